The molecular formula is C10H14ClN3O. The molecule has 15 heavy (non-hydrogen) atoms. The van der Waals surface area contributed by atoms with Crippen molar-refractivity contribution in [3.05, 3.63) is 17.4 Å². The highest BCUT2D eigenvalue weighted by Gasteiger charge is 2.17. The highest BCUT2D eigenvalue weighted by atomic mass is 35.5. The van der Waals surface area contributed by atoms with Gasteiger partial charge in [-0.05, 0) is 6.42 Å². The highest BCUT2D eigenvalue weighted by molar-refractivity contribution is 6.29. The molecule has 1 fully saturated rings. The van der Waals surface area contributed by atoms with Crippen LogP contribution in [-0.4, -0.2) is 37.0 Å². The van der Waals surface area contributed by atoms with Crippen LogP contribution < -0.4 is 4.90 Å². The summed E-state index contributed by atoms with van der Waals surface area (Å²) in [5.74, 6) is 0.613. The average Bonchev–Trinajstić information content (AvgIpc) is 2.70. The van der Waals surface area contributed by atoms with Crippen LogP contribution in [0.1, 0.15) is 6.42 Å². The number of halogens is 1. The topological polar surface area (TPSA) is 38.2 Å². The maximum Gasteiger partial charge on any atom is 0.153 e. The van der Waals surface area contributed by atoms with E-state index in [9.17, 15) is 0 Å². The van der Waals surface area contributed by atoms with Gasteiger partial charge in [0.05, 0.1) is 18.5 Å². The van der Waals surface area contributed by atoms with E-state index < -0.39 is 0 Å². The first-order chi connectivity index (χ1) is 7.25. The number of hydrogen-bond acceptors (Lipinski definition) is 4. The lowest BCUT2D eigenvalue weighted by molar-refractivity contribution is 0.186. The molecule has 82 valence electrons. The van der Waals surface area contributed by atoms with Gasteiger partial charge in [0.1, 0.15) is 0 Å². The third-order valence-corrected chi connectivity index (χ3v) is 2.79. The number of nitrogens with zero attached hydrogens (tertiary/aromatic N) is 3. The summed E-state index contributed by atoms with van der Waals surface area (Å²) in [6, 6.07) is 1.82. The molecule has 0 aromatic carbocycles. The number of anilines is 1. The monoisotopic (exact) mass is 227 g/mol. The molecule has 1 saturated heterocycles. The first kappa shape index (κ1) is 10.6. The minimum absolute atomic E-state index is 0.432. The standard InChI is InChI=1S/C10H14ClN3O/c1-14(6-8-2-3-15-7-8)9-4-10(11)13-12-5-9/h4-5,8H,2-3,6-7H2,1H3. The summed E-state index contributed by atoms with van der Waals surface area (Å²) in [4.78, 5) is 2.14. The Labute approximate surface area is 94.2 Å². The first-order valence-electron chi connectivity index (χ1n) is 5.03. The van der Waals surface area contributed by atoms with Crippen LogP contribution >= 0.6 is 11.6 Å². The molecule has 0 N–H and O–H groups in total. The second kappa shape index (κ2) is 4.77. The van der Waals surface area contributed by atoms with Crippen LogP contribution in [-0.2, 0) is 4.74 Å². The van der Waals surface area contributed by atoms with E-state index >= 15 is 0 Å². The van der Waals surface area contributed by atoms with Gasteiger partial charge >= 0.3 is 0 Å². The predicted octanol–water partition coefficient (Wildman–Crippen LogP) is 1.60. The van der Waals surface area contributed by atoms with Crippen molar-refractivity contribution in [3.63, 3.8) is 0 Å². The lowest BCUT2D eigenvalue weighted by Gasteiger charge is -2.21. The largest absolute Gasteiger partial charge is 0.381 e. The SMILES string of the molecule is CN(CC1CCOC1)c1cnnc(Cl)c1. The molecular weight excluding hydrogens is 214 g/mol. The maximum absolute atomic E-state index is 5.78. The molecule has 2 rings (SSSR count). The van der Waals surface area contributed by atoms with E-state index in [4.69, 9.17) is 16.3 Å². The molecule has 0 bridgehead atoms. The molecule has 1 aromatic rings. The summed E-state index contributed by atoms with van der Waals surface area (Å²) in [7, 11) is 2.03. The molecule has 1 aromatic heterocycles. The minimum atomic E-state index is 0.432. The van der Waals surface area contributed by atoms with Crippen molar-refractivity contribution in [3.8, 4) is 0 Å². The van der Waals surface area contributed by atoms with Crippen molar-refractivity contribution in [2.45, 2.75) is 6.42 Å². The van der Waals surface area contributed by atoms with Crippen molar-refractivity contribution in [2.75, 3.05) is 31.7 Å². The van der Waals surface area contributed by atoms with Crippen molar-refractivity contribution in [2.24, 2.45) is 5.92 Å². The Kier molecular flexibility index (Phi) is 3.38. The molecule has 2 heterocycles. The van der Waals surface area contributed by atoms with E-state index in [0.717, 1.165) is 31.9 Å². The van der Waals surface area contributed by atoms with Crippen molar-refractivity contribution < 1.29 is 4.74 Å². The third kappa shape index (κ3) is 2.79. The summed E-state index contributed by atoms with van der Waals surface area (Å²) >= 11 is 5.78. The number of rotatable bonds is 3. The second-order valence-electron chi connectivity index (χ2n) is 3.85. The molecule has 1 atom stereocenters. The van der Waals surface area contributed by atoms with E-state index in [-0.39, 0.29) is 0 Å². The normalized spacial score (nSPS) is 20.5. The van der Waals surface area contributed by atoms with Gasteiger partial charge in [-0.2, -0.15) is 5.10 Å². The fourth-order valence-corrected chi connectivity index (χ4v) is 1.92. The zero-order valence-corrected chi connectivity index (χ0v) is 9.44. The fourth-order valence-electron chi connectivity index (χ4n) is 1.76. The second-order valence-corrected chi connectivity index (χ2v) is 4.23. The summed E-state index contributed by atoms with van der Waals surface area (Å²) in [5, 5.41) is 7.98. The molecule has 1 aliphatic heterocycles. The zero-order chi connectivity index (χ0) is 10.7. The minimum Gasteiger partial charge on any atom is -0.381 e. The summed E-state index contributed by atoms with van der Waals surface area (Å²) in [6.07, 6.45) is 2.86. The van der Waals surface area contributed by atoms with E-state index in [1.54, 1.807) is 6.20 Å². The Balaban J connectivity index is 1.97. The van der Waals surface area contributed by atoms with Gasteiger partial charge in [0.25, 0.3) is 0 Å². The lowest BCUT2D eigenvalue weighted by atomic mass is 10.1. The third-order valence-electron chi connectivity index (χ3n) is 2.61. The van der Waals surface area contributed by atoms with Gasteiger partial charge < -0.3 is 9.64 Å². The Morgan fingerprint density at radius 3 is 3.20 bits per heavy atom. The van der Waals surface area contributed by atoms with E-state index in [1.807, 2.05) is 13.1 Å². The van der Waals surface area contributed by atoms with Gasteiger partial charge in [0, 0.05) is 32.2 Å². The van der Waals surface area contributed by atoms with Gasteiger partial charge in [-0.15, -0.1) is 5.10 Å². The van der Waals surface area contributed by atoms with E-state index in [0.29, 0.717) is 11.1 Å². The summed E-state index contributed by atoms with van der Waals surface area (Å²) < 4.78 is 5.34. The Morgan fingerprint density at radius 2 is 2.53 bits per heavy atom. The van der Waals surface area contributed by atoms with Crippen LogP contribution in [0.15, 0.2) is 12.3 Å². The van der Waals surface area contributed by atoms with Crippen molar-refractivity contribution in [1.29, 1.82) is 0 Å². The van der Waals surface area contributed by atoms with E-state index in [1.165, 1.54) is 0 Å². The van der Waals surface area contributed by atoms with Gasteiger partial charge in [0.15, 0.2) is 5.15 Å². The average molecular weight is 228 g/mol. The van der Waals surface area contributed by atoms with Crippen LogP contribution in [0.4, 0.5) is 5.69 Å². The summed E-state index contributed by atoms with van der Waals surface area (Å²) in [6.45, 7) is 2.71. The summed E-state index contributed by atoms with van der Waals surface area (Å²) in [5.41, 5.74) is 1.00. The van der Waals surface area contributed by atoms with Gasteiger partial charge in [-0.25, -0.2) is 0 Å². The molecule has 1 aliphatic rings. The first-order valence-corrected chi connectivity index (χ1v) is 5.40. The van der Waals surface area contributed by atoms with Crippen LogP contribution in [0.3, 0.4) is 0 Å². The maximum atomic E-state index is 5.78. The molecule has 0 spiro atoms. The van der Waals surface area contributed by atoms with Gasteiger partial charge in [-0.1, -0.05) is 11.6 Å². The molecule has 0 amide bonds. The van der Waals surface area contributed by atoms with Crippen LogP contribution in [0, 0.1) is 5.92 Å². The number of hydrogen-bond donors (Lipinski definition) is 0. The van der Waals surface area contributed by atoms with Crippen molar-refractivity contribution in [1.82, 2.24) is 10.2 Å². The van der Waals surface area contributed by atoms with Gasteiger partial charge in [-0.3, -0.25) is 0 Å². The molecule has 4 nitrogen and oxygen atoms in total. The number of aromatic nitrogens is 2. The molecule has 0 saturated carbocycles. The lowest BCUT2D eigenvalue weighted by Crippen LogP contribution is -2.25. The Bertz CT molecular complexity index is 328. The Hall–Kier alpha value is -0.870. The molecule has 0 aliphatic carbocycles. The van der Waals surface area contributed by atoms with Crippen molar-refractivity contribution >= 4 is 17.3 Å². The molecule has 0 radical (unpaired) electrons. The highest BCUT2D eigenvalue weighted by Crippen LogP contribution is 2.19. The Morgan fingerprint density at radius 1 is 1.67 bits per heavy atom. The quantitative estimate of drug-likeness (QED) is 0.786. The molecule has 1 unspecified atom stereocenters. The predicted molar refractivity (Wildman–Crippen MR) is 59.2 cm³/mol. The fraction of sp³-hybridized carbons (Fsp3) is 0.600. The van der Waals surface area contributed by atoms with Crippen LogP contribution in [0.25, 0.3) is 0 Å². The zero-order valence-electron chi connectivity index (χ0n) is 8.69. The molecule has 5 heteroatoms. The number of ether oxygens (including phenoxy) is 1. The smallest absolute Gasteiger partial charge is 0.153 e. The van der Waals surface area contributed by atoms with E-state index in [2.05, 4.69) is 15.1 Å². The van der Waals surface area contributed by atoms with Crippen LogP contribution in [0.2, 0.25) is 5.15 Å². The van der Waals surface area contributed by atoms with Gasteiger partial charge in [0.2, 0.25) is 0 Å². The van der Waals surface area contributed by atoms with Crippen LogP contribution in [0.5, 0.6) is 0 Å².